The molecule has 4 nitrogen and oxygen atoms in total. The van der Waals surface area contributed by atoms with E-state index in [2.05, 4.69) is 0 Å². The molecule has 2 aliphatic carbocycles. The van der Waals surface area contributed by atoms with Crippen LogP contribution in [0.1, 0.15) is 12.8 Å². The first kappa shape index (κ1) is 5.70. The largest absolute Gasteiger partial charge is 0.481 e. The van der Waals surface area contributed by atoms with Gasteiger partial charge in [0, 0.05) is 0 Å². The van der Waals surface area contributed by atoms with Gasteiger partial charge in [0.05, 0.1) is 10.8 Å². The smallest absolute Gasteiger partial charge is 0.310 e. The zero-order valence-electron chi connectivity index (χ0n) is 5.13. The molecule has 0 heterocycles. The Labute approximate surface area is 56.5 Å². The molecule has 0 amide bonds. The van der Waals surface area contributed by atoms with Gasteiger partial charge < -0.3 is 10.2 Å². The lowest BCUT2D eigenvalue weighted by Gasteiger charge is -1.89. The average molecular weight is 142 g/mol. The summed E-state index contributed by atoms with van der Waals surface area (Å²) >= 11 is 0. The zero-order chi connectivity index (χ0) is 7.57. The normalized spacial score (nSPS) is 47.6. The van der Waals surface area contributed by atoms with E-state index in [0.29, 0.717) is 12.8 Å². The van der Waals surface area contributed by atoms with Crippen molar-refractivity contribution in [3.05, 3.63) is 0 Å². The van der Waals surface area contributed by atoms with Crippen LogP contribution in [0, 0.1) is 10.8 Å². The summed E-state index contributed by atoms with van der Waals surface area (Å²) in [7, 11) is 0. The Morgan fingerprint density at radius 1 is 1.00 bits per heavy atom. The molecule has 54 valence electrons. The zero-order valence-corrected chi connectivity index (χ0v) is 5.13. The molecule has 0 spiro atoms. The van der Waals surface area contributed by atoms with Crippen molar-refractivity contribution >= 4 is 11.9 Å². The van der Waals surface area contributed by atoms with Gasteiger partial charge in [-0.15, -0.1) is 0 Å². The van der Waals surface area contributed by atoms with Crippen LogP contribution in [0.25, 0.3) is 0 Å². The van der Waals surface area contributed by atoms with E-state index in [1.54, 1.807) is 0 Å². The summed E-state index contributed by atoms with van der Waals surface area (Å²) in [5.41, 5.74) is -1.70. The van der Waals surface area contributed by atoms with Crippen LogP contribution in [-0.4, -0.2) is 22.2 Å². The molecular weight excluding hydrogens is 136 g/mol. The van der Waals surface area contributed by atoms with E-state index in [4.69, 9.17) is 10.2 Å². The van der Waals surface area contributed by atoms with E-state index < -0.39 is 22.8 Å². The molecule has 0 radical (unpaired) electrons. The minimum atomic E-state index is -0.949. The second-order valence-corrected chi connectivity index (χ2v) is 3.13. The third-order valence-electron chi connectivity index (χ3n) is 2.69. The van der Waals surface area contributed by atoms with Gasteiger partial charge in [0.2, 0.25) is 0 Å². The first-order valence-corrected chi connectivity index (χ1v) is 3.02. The molecule has 2 aliphatic rings. The summed E-state index contributed by atoms with van der Waals surface area (Å²) in [6, 6.07) is 0. The van der Waals surface area contributed by atoms with E-state index in [1.165, 1.54) is 0 Å². The number of rotatable bonds is 2. The van der Waals surface area contributed by atoms with Crippen molar-refractivity contribution in [2.75, 3.05) is 0 Å². The van der Waals surface area contributed by atoms with E-state index in [9.17, 15) is 9.59 Å². The van der Waals surface area contributed by atoms with Crippen LogP contribution in [0.2, 0.25) is 0 Å². The predicted octanol–water partition coefficient (Wildman–Crippen LogP) is -0.0642. The summed E-state index contributed by atoms with van der Waals surface area (Å²) in [5.74, 6) is -1.90. The van der Waals surface area contributed by atoms with E-state index in [-0.39, 0.29) is 0 Å². The highest BCUT2D eigenvalue weighted by molar-refractivity contribution is 6.00. The maximum Gasteiger partial charge on any atom is 0.310 e. The molecule has 0 aliphatic heterocycles. The van der Waals surface area contributed by atoms with Gasteiger partial charge in [0.25, 0.3) is 0 Å². The molecule has 2 rings (SSSR count). The topological polar surface area (TPSA) is 74.6 Å². The van der Waals surface area contributed by atoms with E-state index >= 15 is 0 Å². The molecule has 0 saturated heterocycles. The van der Waals surface area contributed by atoms with E-state index in [0.717, 1.165) is 0 Å². The van der Waals surface area contributed by atoms with Crippen LogP contribution in [0.15, 0.2) is 0 Å². The van der Waals surface area contributed by atoms with Crippen LogP contribution in [0.3, 0.4) is 0 Å². The molecule has 0 aromatic carbocycles. The first-order valence-electron chi connectivity index (χ1n) is 3.02. The van der Waals surface area contributed by atoms with Crippen LogP contribution in [0.4, 0.5) is 0 Å². The minimum Gasteiger partial charge on any atom is -0.481 e. The Kier molecular flexibility index (Phi) is 0.608. The minimum absolute atomic E-state index is 0.338. The van der Waals surface area contributed by atoms with Crippen LogP contribution in [-0.2, 0) is 9.59 Å². The van der Waals surface area contributed by atoms with Gasteiger partial charge in [-0.2, -0.15) is 0 Å². The highest BCUT2D eigenvalue weighted by Gasteiger charge is 2.92. The first-order chi connectivity index (χ1) is 4.55. The predicted molar refractivity (Wildman–Crippen MR) is 29.4 cm³/mol. The fourth-order valence-corrected chi connectivity index (χ4v) is 1.60. The Hall–Kier alpha value is -1.06. The second-order valence-electron chi connectivity index (χ2n) is 3.13. The number of aliphatic carboxylic acids is 2. The molecule has 2 saturated carbocycles. The highest BCUT2D eigenvalue weighted by atomic mass is 16.4. The molecule has 4 heteroatoms. The number of carboxylic acid groups (broad SMARTS) is 2. The quantitative estimate of drug-likeness (QED) is 0.566. The molecule has 0 aromatic heterocycles. The average Bonchev–Trinajstić information content (AvgIpc) is 2.41. The maximum atomic E-state index is 10.4. The number of carbonyl (C=O) groups is 2. The summed E-state index contributed by atoms with van der Waals surface area (Å²) in [5, 5.41) is 17.0. The molecule has 0 bridgehead atoms. The molecular formula is C6H6O4. The van der Waals surface area contributed by atoms with E-state index in [1.807, 2.05) is 0 Å². The van der Waals surface area contributed by atoms with Crippen molar-refractivity contribution in [3.63, 3.8) is 0 Å². The second kappa shape index (κ2) is 1.07. The standard InChI is InChI=1S/C6H6O4/c7-3(8)5-1-6(5,2-5)4(9)10/h1-2H2,(H,7,8)(H,9,10)/t5-,6+. The lowest BCUT2D eigenvalue weighted by molar-refractivity contribution is -0.144. The van der Waals surface area contributed by atoms with Gasteiger partial charge in [-0.1, -0.05) is 0 Å². The van der Waals surface area contributed by atoms with Crippen LogP contribution in [0.5, 0.6) is 0 Å². The molecule has 0 atom stereocenters. The van der Waals surface area contributed by atoms with Crippen molar-refractivity contribution in [1.29, 1.82) is 0 Å². The summed E-state index contributed by atoms with van der Waals surface area (Å²) in [4.78, 5) is 20.7. The summed E-state index contributed by atoms with van der Waals surface area (Å²) in [6.07, 6.45) is 0.676. The van der Waals surface area contributed by atoms with Crippen molar-refractivity contribution in [2.24, 2.45) is 10.8 Å². The Bertz CT molecular complexity index is 212. The van der Waals surface area contributed by atoms with Gasteiger partial charge in [-0.25, -0.2) is 0 Å². The Morgan fingerprint density at radius 2 is 1.30 bits per heavy atom. The Balaban J connectivity index is 2.22. The van der Waals surface area contributed by atoms with Gasteiger partial charge >= 0.3 is 11.9 Å². The van der Waals surface area contributed by atoms with Crippen LogP contribution >= 0.6 is 0 Å². The van der Waals surface area contributed by atoms with Gasteiger partial charge in [0.15, 0.2) is 0 Å². The number of hydrogen-bond donors (Lipinski definition) is 2. The number of carboxylic acids is 2. The van der Waals surface area contributed by atoms with Crippen molar-refractivity contribution in [3.8, 4) is 0 Å². The third-order valence-corrected chi connectivity index (χ3v) is 2.69. The molecule has 2 fully saturated rings. The SMILES string of the molecule is O=C(O)[C@]12C[C@@]1(C(=O)O)C2. The van der Waals surface area contributed by atoms with Crippen molar-refractivity contribution < 1.29 is 19.8 Å². The summed E-state index contributed by atoms with van der Waals surface area (Å²) in [6.45, 7) is 0. The number of fused-ring (bicyclic) bond motifs is 1. The highest BCUT2D eigenvalue weighted by Crippen LogP contribution is 2.86. The van der Waals surface area contributed by atoms with Gasteiger partial charge in [0.1, 0.15) is 0 Å². The fourth-order valence-electron chi connectivity index (χ4n) is 1.60. The third kappa shape index (κ3) is 0.314. The lowest BCUT2D eigenvalue weighted by Crippen LogP contribution is -2.05. The fraction of sp³-hybridized carbons (Fsp3) is 0.667. The Morgan fingerprint density at radius 3 is 1.40 bits per heavy atom. The van der Waals surface area contributed by atoms with Crippen molar-refractivity contribution in [2.45, 2.75) is 12.8 Å². The lowest BCUT2D eigenvalue weighted by atomic mass is 10.2. The summed E-state index contributed by atoms with van der Waals surface area (Å²) < 4.78 is 0. The van der Waals surface area contributed by atoms with Crippen molar-refractivity contribution in [1.82, 2.24) is 0 Å². The molecule has 0 aromatic rings. The maximum absolute atomic E-state index is 10.4. The molecule has 10 heavy (non-hydrogen) atoms. The van der Waals surface area contributed by atoms with Gasteiger partial charge in [-0.3, -0.25) is 9.59 Å². The van der Waals surface area contributed by atoms with Crippen LogP contribution < -0.4 is 0 Å². The van der Waals surface area contributed by atoms with Gasteiger partial charge in [-0.05, 0) is 12.8 Å². The molecule has 0 unspecified atom stereocenters. The monoisotopic (exact) mass is 142 g/mol. The number of hydrogen-bond acceptors (Lipinski definition) is 2. The molecule has 2 N–H and O–H groups in total.